The second-order valence-electron chi connectivity index (χ2n) is 7.01. The third-order valence-corrected chi connectivity index (χ3v) is 4.13. The Labute approximate surface area is 131 Å². The van der Waals surface area contributed by atoms with Crippen LogP contribution in [0.5, 0.6) is 0 Å². The summed E-state index contributed by atoms with van der Waals surface area (Å²) in [6.07, 6.45) is 1.39. The number of nitrogens with zero attached hydrogens (tertiary/aromatic N) is 1. The molecule has 0 saturated heterocycles. The summed E-state index contributed by atoms with van der Waals surface area (Å²) in [5.74, 6) is -1.69. The number of carbonyl (C=O) groups excluding carboxylic acids is 1. The van der Waals surface area contributed by atoms with Gasteiger partial charge in [0.2, 0.25) is 0 Å². The van der Waals surface area contributed by atoms with E-state index in [0.29, 0.717) is 6.42 Å². The molecule has 1 fully saturated rings. The van der Waals surface area contributed by atoms with Crippen LogP contribution in [0.1, 0.15) is 53.9 Å². The zero-order valence-electron chi connectivity index (χ0n) is 14.0. The Morgan fingerprint density at radius 2 is 1.95 bits per heavy atom. The number of alkyl carbamates (subject to hydrolysis) is 1. The van der Waals surface area contributed by atoms with Crippen molar-refractivity contribution in [1.29, 1.82) is 5.26 Å². The Morgan fingerprint density at radius 3 is 2.27 bits per heavy atom. The molecule has 22 heavy (non-hydrogen) atoms. The van der Waals surface area contributed by atoms with Gasteiger partial charge < -0.3 is 15.2 Å². The minimum atomic E-state index is -1.44. The van der Waals surface area contributed by atoms with Crippen molar-refractivity contribution < 1.29 is 19.4 Å². The van der Waals surface area contributed by atoms with E-state index in [4.69, 9.17) is 4.74 Å². The summed E-state index contributed by atoms with van der Waals surface area (Å²) in [7, 11) is 0. The molecule has 6 heteroatoms. The van der Waals surface area contributed by atoms with Crippen LogP contribution in [0.3, 0.4) is 0 Å². The van der Waals surface area contributed by atoms with E-state index < -0.39 is 35.0 Å². The first-order valence-corrected chi connectivity index (χ1v) is 7.72. The number of aliphatic carboxylic acids is 1. The highest BCUT2D eigenvalue weighted by molar-refractivity contribution is 5.80. The number of ether oxygens (including phenoxy) is 1. The van der Waals surface area contributed by atoms with E-state index in [2.05, 4.69) is 5.32 Å². The van der Waals surface area contributed by atoms with Crippen molar-refractivity contribution in [2.24, 2.45) is 17.3 Å². The van der Waals surface area contributed by atoms with Gasteiger partial charge in [-0.3, -0.25) is 4.79 Å². The summed E-state index contributed by atoms with van der Waals surface area (Å²) >= 11 is 0. The first-order valence-electron chi connectivity index (χ1n) is 7.72. The van der Waals surface area contributed by atoms with Crippen LogP contribution in [-0.4, -0.2) is 28.8 Å². The normalized spacial score (nSPS) is 20.2. The van der Waals surface area contributed by atoms with Gasteiger partial charge in [0.1, 0.15) is 5.60 Å². The number of carboxylic acid groups (broad SMARTS) is 1. The van der Waals surface area contributed by atoms with Crippen LogP contribution in [0.25, 0.3) is 0 Å². The molecule has 0 radical (unpaired) electrons. The van der Waals surface area contributed by atoms with Gasteiger partial charge in [-0.25, -0.2) is 4.79 Å². The highest BCUT2D eigenvalue weighted by atomic mass is 16.6. The first-order chi connectivity index (χ1) is 10.1. The van der Waals surface area contributed by atoms with Gasteiger partial charge in [0.25, 0.3) is 0 Å². The number of carbonyl (C=O) groups is 2. The molecule has 0 aromatic heterocycles. The molecule has 0 heterocycles. The van der Waals surface area contributed by atoms with Crippen molar-refractivity contribution in [2.75, 3.05) is 0 Å². The minimum Gasteiger partial charge on any atom is -0.480 e. The maximum atomic E-state index is 11.9. The fourth-order valence-corrected chi connectivity index (χ4v) is 3.06. The van der Waals surface area contributed by atoms with Crippen molar-refractivity contribution in [2.45, 2.75) is 65.5 Å². The van der Waals surface area contributed by atoms with E-state index >= 15 is 0 Å². The number of amides is 1. The van der Waals surface area contributed by atoms with E-state index in [1.807, 2.05) is 13.0 Å². The van der Waals surface area contributed by atoms with Crippen molar-refractivity contribution >= 4 is 12.1 Å². The molecule has 1 aliphatic rings. The van der Waals surface area contributed by atoms with E-state index in [-0.39, 0.29) is 5.92 Å². The lowest BCUT2D eigenvalue weighted by Crippen LogP contribution is -2.50. The van der Waals surface area contributed by atoms with Crippen LogP contribution < -0.4 is 5.32 Å². The molecule has 3 atom stereocenters. The fourth-order valence-electron chi connectivity index (χ4n) is 3.06. The number of nitriles is 1. The Morgan fingerprint density at radius 1 is 1.41 bits per heavy atom. The summed E-state index contributed by atoms with van der Waals surface area (Å²) in [4.78, 5) is 23.7. The number of nitrogens with one attached hydrogen (secondary N) is 1. The zero-order chi connectivity index (χ0) is 17.1. The van der Waals surface area contributed by atoms with Crippen molar-refractivity contribution in [1.82, 2.24) is 5.32 Å². The van der Waals surface area contributed by atoms with Crippen molar-refractivity contribution in [3.63, 3.8) is 0 Å². The largest absolute Gasteiger partial charge is 0.480 e. The van der Waals surface area contributed by atoms with Crippen LogP contribution in [0, 0.1) is 28.6 Å². The first kappa shape index (κ1) is 18.3. The molecule has 124 valence electrons. The highest BCUT2D eigenvalue weighted by Crippen LogP contribution is 2.51. The SMILES string of the molecule is CCC([C@@H](C)NC(=O)OC(C)(C)C)C(C#N)(C(=O)O)C1CC1. The Balaban J connectivity index is 2.92. The average molecular weight is 310 g/mol. The predicted octanol–water partition coefficient (Wildman–Crippen LogP) is 2.93. The van der Waals surface area contributed by atoms with Crippen LogP contribution in [0.15, 0.2) is 0 Å². The van der Waals surface area contributed by atoms with E-state index in [9.17, 15) is 20.0 Å². The van der Waals surface area contributed by atoms with Gasteiger partial charge in [0, 0.05) is 12.0 Å². The lowest BCUT2D eigenvalue weighted by atomic mass is 9.68. The van der Waals surface area contributed by atoms with Gasteiger partial charge >= 0.3 is 12.1 Å². The molecule has 0 aromatic carbocycles. The Hall–Kier alpha value is -1.77. The monoisotopic (exact) mass is 310 g/mol. The molecular weight excluding hydrogens is 284 g/mol. The lowest BCUT2D eigenvalue weighted by Gasteiger charge is -2.35. The van der Waals surface area contributed by atoms with Gasteiger partial charge in [-0.1, -0.05) is 6.92 Å². The predicted molar refractivity (Wildman–Crippen MR) is 81.0 cm³/mol. The molecule has 6 nitrogen and oxygen atoms in total. The standard InChI is InChI=1S/C16H26N2O4/c1-6-12(10(2)18-14(21)22-15(3,4)5)16(9-17,13(19)20)11-7-8-11/h10-12H,6-8H2,1-5H3,(H,18,21)(H,19,20)/t10-,12?,16?/m1/s1. The van der Waals surface area contributed by atoms with Crippen LogP contribution in [0.2, 0.25) is 0 Å². The molecular formula is C16H26N2O4. The van der Waals surface area contributed by atoms with Gasteiger partial charge in [-0.05, 0) is 52.9 Å². The third-order valence-electron chi connectivity index (χ3n) is 4.13. The smallest absolute Gasteiger partial charge is 0.407 e. The van der Waals surface area contributed by atoms with Gasteiger partial charge in [-0.15, -0.1) is 0 Å². The minimum absolute atomic E-state index is 0.136. The highest BCUT2D eigenvalue weighted by Gasteiger charge is 2.57. The second kappa shape index (κ2) is 6.55. The molecule has 2 unspecified atom stereocenters. The van der Waals surface area contributed by atoms with E-state index in [1.165, 1.54) is 0 Å². The second-order valence-corrected chi connectivity index (χ2v) is 7.01. The van der Waals surface area contributed by atoms with E-state index in [1.54, 1.807) is 27.7 Å². The molecule has 1 aliphatic carbocycles. The van der Waals surface area contributed by atoms with Crippen LogP contribution in [0.4, 0.5) is 4.79 Å². The van der Waals surface area contributed by atoms with Crippen molar-refractivity contribution in [3.8, 4) is 6.07 Å². The molecule has 0 aliphatic heterocycles. The summed E-state index contributed by atoms with van der Waals surface area (Å²) in [5, 5.41) is 21.9. The Bertz CT molecular complexity index is 474. The average Bonchev–Trinajstić information content (AvgIpc) is 3.16. The summed E-state index contributed by atoms with van der Waals surface area (Å²) < 4.78 is 5.21. The van der Waals surface area contributed by atoms with Gasteiger partial charge in [0.15, 0.2) is 5.41 Å². The number of rotatable bonds is 6. The summed E-state index contributed by atoms with van der Waals surface area (Å²) in [5.41, 5.74) is -2.07. The fraction of sp³-hybridized carbons (Fsp3) is 0.812. The van der Waals surface area contributed by atoms with Crippen molar-refractivity contribution in [3.05, 3.63) is 0 Å². The molecule has 0 aromatic rings. The Kier molecular flexibility index (Phi) is 5.44. The maximum absolute atomic E-state index is 11.9. The molecule has 1 rings (SSSR count). The lowest BCUT2D eigenvalue weighted by molar-refractivity contribution is -0.150. The number of carboxylic acids is 1. The molecule has 1 saturated carbocycles. The van der Waals surface area contributed by atoms with Crippen LogP contribution >= 0.6 is 0 Å². The number of hydrogen-bond donors (Lipinski definition) is 2. The maximum Gasteiger partial charge on any atom is 0.407 e. The molecule has 1 amide bonds. The summed E-state index contributed by atoms with van der Waals surface area (Å²) in [6.45, 7) is 8.85. The summed E-state index contributed by atoms with van der Waals surface area (Å²) in [6, 6.07) is 1.58. The van der Waals surface area contributed by atoms with Crippen LogP contribution in [-0.2, 0) is 9.53 Å². The van der Waals surface area contributed by atoms with E-state index in [0.717, 1.165) is 12.8 Å². The number of hydrogen-bond acceptors (Lipinski definition) is 4. The molecule has 0 spiro atoms. The zero-order valence-corrected chi connectivity index (χ0v) is 14.0. The third kappa shape index (κ3) is 3.90. The van der Waals surface area contributed by atoms with Gasteiger partial charge in [0.05, 0.1) is 6.07 Å². The van der Waals surface area contributed by atoms with Gasteiger partial charge in [-0.2, -0.15) is 5.26 Å². The quantitative estimate of drug-likeness (QED) is 0.785. The molecule has 0 bridgehead atoms. The topological polar surface area (TPSA) is 99.4 Å². The molecule has 2 N–H and O–H groups in total.